The second-order valence-corrected chi connectivity index (χ2v) is 8.51. The van der Waals surface area contributed by atoms with Crippen molar-refractivity contribution in [1.82, 2.24) is 0 Å². The highest BCUT2D eigenvalue weighted by Crippen LogP contribution is 2.34. The number of fused-ring (bicyclic) bond motifs is 1. The van der Waals surface area contributed by atoms with Crippen molar-refractivity contribution in [2.45, 2.75) is 12.8 Å². The molecule has 0 aliphatic carbocycles. The first-order valence-corrected chi connectivity index (χ1v) is 11.5. The average Bonchev–Trinajstić information content (AvgIpc) is 3.43. The highest BCUT2D eigenvalue weighted by Gasteiger charge is 2.24. The number of para-hydroxylation sites is 1. The summed E-state index contributed by atoms with van der Waals surface area (Å²) in [7, 11) is 1.47. The third kappa shape index (κ3) is 4.38. The number of carbonyl (C=O) groups excluding carboxylic acids is 1. The van der Waals surface area contributed by atoms with Crippen molar-refractivity contribution in [3.63, 3.8) is 0 Å². The van der Waals surface area contributed by atoms with Gasteiger partial charge in [-0.15, -0.1) is 0 Å². The van der Waals surface area contributed by atoms with Crippen LogP contribution in [0.2, 0.25) is 0 Å². The molecule has 1 aliphatic heterocycles. The summed E-state index contributed by atoms with van der Waals surface area (Å²) in [5.74, 6) is -0.128. The van der Waals surface area contributed by atoms with E-state index in [0.29, 0.717) is 33.8 Å². The number of hydrogen-bond donors (Lipinski definition) is 1. The van der Waals surface area contributed by atoms with E-state index >= 15 is 0 Å². The molecule has 182 valence electrons. The van der Waals surface area contributed by atoms with Gasteiger partial charge in [0.25, 0.3) is 11.6 Å². The lowest BCUT2D eigenvalue weighted by Gasteiger charge is -2.18. The van der Waals surface area contributed by atoms with Crippen LogP contribution in [-0.4, -0.2) is 31.0 Å². The highest BCUT2D eigenvalue weighted by atomic mass is 16.6. The minimum Gasteiger partial charge on any atom is -0.496 e. The Balaban J connectivity index is 1.43. The van der Waals surface area contributed by atoms with E-state index in [9.17, 15) is 19.7 Å². The van der Waals surface area contributed by atoms with Crippen LogP contribution in [-0.2, 0) is 0 Å². The molecule has 0 saturated carbocycles. The number of nitrogens with one attached hydrogen (secondary N) is 1. The maximum Gasteiger partial charge on any atom is 0.344 e. The van der Waals surface area contributed by atoms with E-state index < -0.39 is 16.5 Å². The summed E-state index contributed by atoms with van der Waals surface area (Å²) in [6, 6.07) is 18.3. The van der Waals surface area contributed by atoms with Gasteiger partial charge in [0, 0.05) is 47.4 Å². The predicted molar refractivity (Wildman–Crippen MR) is 137 cm³/mol. The van der Waals surface area contributed by atoms with Crippen molar-refractivity contribution in [2.24, 2.45) is 0 Å². The first-order chi connectivity index (χ1) is 17.4. The predicted octanol–water partition coefficient (Wildman–Crippen LogP) is 5.23. The van der Waals surface area contributed by atoms with Gasteiger partial charge in [0.15, 0.2) is 0 Å². The Kier molecular flexibility index (Phi) is 6.12. The lowest BCUT2D eigenvalue weighted by atomic mass is 10.0. The zero-order valence-electron chi connectivity index (χ0n) is 19.5. The molecule has 1 aliphatic rings. The minimum absolute atomic E-state index is 0.0968. The molecule has 0 radical (unpaired) electrons. The maximum absolute atomic E-state index is 12.9. The van der Waals surface area contributed by atoms with E-state index in [1.165, 1.54) is 13.2 Å². The molecule has 1 N–H and O–H groups in total. The van der Waals surface area contributed by atoms with Crippen molar-refractivity contribution in [3.05, 3.63) is 92.8 Å². The van der Waals surface area contributed by atoms with Crippen molar-refractivity contribution >= 4 is 33.9 Å². The molecule has 9 heteroatoms. The molecule has 36 heavy (non-hydrogen) atoms. The number of nitro groups is 1. The summed E-state index contributed by atoms with van der Waals surface area (Å²) in [6.07, 6.45) is 1.97. The molecule has 0 bridgehead atoms. The molecule has 3 aromatic carbocycles. The molecule has 0 atom stereocenters. The van der Waals surface area contributed by atoms with Gasteiger partial charge in [-0.25, -0.2) is 4.79 Å². The van der Waals surface area contributed by atoms with Crippen molar-refractivity contribution in [2.75, 3.05) is 30.4 Å². The molecular weight excluding hydrogens is 462 g/mol. The Bertz CT molecular complexity index is 1540. The van der Waals surface area contributed by atoms with Crippen molar-refractivity contribution < 1.29 is 18.9 Å². The van der Waals surface area contributed by atoms with Gasteiger partial charge in [-0.1, -0.05) is 18.2 Å². The van der Waals surface area contributed by atoms with Crippen molar-refractivity contribution in [1.29, 1.82) is 0 Å². The van der Waals surface area contributed by atoms with Crippen LogP contribution in [0.3, 0.4) is 0 Å². The lowest BCUT2D eigenvalue weighted by molar-refractivity contribution is -0.384. The zero-order valence-corrected chi connectivity index (χ0v) is 19.5. The molecule has 1 aromatic heterocycles. The molecule has 2 heterocycles. The first kappa shape index (κ1) is 23.1. The van der Waals surface area contributed by atoms with Gasteiger partial charge in [0.2, 0.25) is 0 Å². The lowest BCUT2D eigenvalue weighted by Crippen LogP contribution is -2.19. The molecule has 9 nitrogen and oxygen atoms in total. The Morgan fingerprint density at radius 2 is 1.81 bits per heavy atom. The molecule has 0 unspecified atom stereocenters. The first-order valence-electron chi connectivity index (χ1n) is 11.5. The minimum atomic E-state index is -0.505. The summed E-state index contributed by atoms with van der Waals surface area (Å²) >= 11 is 0. The van der Waals surface area contributed by atoms with Gasteiger partial charge < -0.3 is 19.4 Å². The second kappa shape index (κ2) is 9.53. The normalized spacial score (nSPS) is 13.1. The summed E-state index contributed by atoms with van der Waals surface area (Å²) in [5.41, 5.74) is 1.83. The summed E-state index contributed by atoms with van der Waals surface area (Å²) in [6.45, 7) is 1.52. The number of carbonyl (C=O) groups is 1. The van der Waals surface area contributed by atoms with E-state index in [1.807, 2.05) is 17.0 Å². The molecular formula is C27H23N3O6. The standard InChI is InChI=1S/C27H23N3O6/c1-35-25-16-19(9-10-20(25)21-14-17-6-2-3-7-24(17)36-27(21)32)28-26(31)18-8-11-22(23(15-18)30(33)34)29-12-4-5-13-29/h2-3,6-11,14-16H,4-5,12-13H2,1H3,(H,28,31). The molecule has 4 aromatic rings. The fourth-order valence-electron chi connectivity index (χ4n) is 4.48. The third-order valence-electron chi connectivity index (χ3n) is 6.27. The smallest absolute Gasteiger partial charge is 0.344 e. The maximum atomic E-state index is 12.9. The molecule has 5 rings (SSSR count). The fourth-order valence-corrected chi connectivity index (χ4v) is 4.48. The van der Waals surface area contributed by atoms with Gasteiger partial charge in [-0.05, 0) is 49.2 Å². The van der Waals surface area contributed by atoms with Gasteiger partial charge >= 0.3 is 5.63 Å². The number of benzene rings is 3. The van der Waals surface area contributed by atoms with Gasteiger partial charge in [0.1, 0.15) is 17.0 Å². The summed E-state index contributed by atoms with van der Waals surface area (Å²) in [5, 5.41) is 15.2. The van der Waals surface area contributed by atoms with Crippen LogP contribution in [0.4, 0.5) is 17.1 Å². The Morgan fingerprint density at radius 1 is 1.03 bits per heavy atom. The topological polar surface area (TPSA) is 115 Å². The third-order valence-corrected chi connectivity index (χ3v) is 6.27. The Labute approximate surface area is 206 Å². The number of anilines is 2. The molecule has 0 spiro atoms. The number of nitrogens with zero attached hydrogens (tertiary/aromatic N) is 2. The highest BCUT2D eigenvalue weighted by molar-refractivity contribution is 6.05. The van der Waals surface area contributed by atoms with Gasteiger partial charge in [-0.3, -0.25) is 14.9 Å². The number of hydrogen-bond acceptors (Lipinski definition) is 7. The van der Waals surface area contributed by atoms with Crippen LogP contribution in [0.15, 0.2) is 75.9 Å². The summed E-state index contributed by atoms with van der Waals surface area (Å²) < 4.78 is 10.9. The van der Waals surface area contributed by atoms with Crippen LogP contribution < -0.4 is 20.6 Å². The number of amides is 1. The number of ether oxygens (including phenoxy) is 1. The molecule has 1 fully saturated rings. The Morgan fingerprint density at radius 3 is 2.56 bits per heavy atom. The number of nitro benzene ring substituents is 1. The van der Waals surface area contributed by atoms with E-state index in [-0.39, 0.29) is 11.3 Å². The van der Waals surface area contributed by atoms with E-state index in [4.69, 9.17) is 9.15 Å². The monoisotopic (exact) mass is 485 g/mol. The molecule has 1 amide bonds. The van der Waals surface area contributed by atoms with Crippen LogP contribution in [0.1, 0.15) is 23.2 Å². The van der Waals surface area contributed by atoms with Gasteiger partial charge in [0.05, 0.1) is 17.6 Å². The van der Waals surface area contributed by atoms with E-state index in [2.05, 4.69) is 5.32 Å². The largest absolute Gasteiger partial charge is 0.496 e. The van der Waals surface area contributed by atoms with Crippen molar-refractivity contribution in [3.8, 4) is 16.9 Å². The fraction of sp³-hybridized carbons (Fsp3) is 0.185. The van der Waals surface area contributed by atoms with Crippen LogP contribution >= 0.6 is 0 Å². The average molecular weight is 485 g/mol. The second-order valence-electron chi connectivity index (χ2n) is 8.51. The van der Waals surface area contributed by atoms with Crippen LogP contribution in [0, 0.1) is 10.1 Å². The van der Waals surface area contributed by atoms with Crippen LogP contribution in [0.25, 0.3) is 22.1 Å². The number of methoxy groups -OCH3 is 1. The van der Waals surface area contributed by atoms with E-state index in [1.54, 1.807) is 48.5 Å². The zero-order chi connectivity index (χ0) is 25.2. The van der Waals surface area contributed by atoms with Gasteiger partial charge in [-0.2, -0.15) is 0 Å². The van der Waals surface area contributed by atoms with Crippen LogP contribution in [0.5, 0.6) is 5.75 Å². The SMILES string of the molecule is COc1cc(NC(=O)c2ccc(N3CCCC3)c([N+](=O)[O-])c2)ccc1-c1cc2ccccc2oc1=O. The van der Waals surface area contributed by atoms with E-state index in [0.717, 1.165) is 31.3 Å². The molecule has 1 saturated heterocycles. The summed E-state index contributed by atoms with van der Waals surface area (Å²) in [4.78, 5) is 38.7. The Hall–Kier alpha value is -4.66. The number of rotatable bonds is 6. The quantitative estimate of drug-likeness (QED) is 0.226.